The number of anilines is 1. The fraction of sp³-hybridized carbons (Fsp3) is 0.412. The number of hydrogen-bond donors (Lipinski definition) is 2. The Morgan fingerprint density at radius 3 is 2.96 bits per heavy atom. The van der Waals surface area contributed by atoms with Gasteiger partial charge in [0.05, 0.1) is 0 Å². The van der Waals surface area contributed by atoms with Crippen LogP contribution in [-0.2, 0) is 11.2 Å². The Balaban J connectivity index is 1.54. The maximum Gasteiger partial charge on any atom is 0.251 e. The highest BCUT2D eigenvalue weighted by Crippen LogP contribution is 2.37. The molecule has 6 heteroatoms. The lowest BCUT2D eigenvalue weighted by Crippen LogP contribution is -2.31. The minimum atomic E-state index is -0.433. The molecule has 0 saturated heterocycles. The van der Waals surface area contributed by atoms with Crippen molar-refractivity contribution in [3.05, 3.63) is 29.3 Å². The first-order valence-electron chi connectivity index (χ1n) is 7.70. The van der Waals surface area contributed by atoms with Gasteiger partial charge >= 0.3 is 0 Å². The van der Waals surface area contributed by atoms with E-state index in [1.807, 2.05) is 6.07 Å². The Morgan fingerprint density at radius 1 is 1.39 bits per heavy atom. The highest BCUT2D eigenvalue weighted by atomic mass is 16.2. The van der Waals surface area contributed by atoms with Crippen molar-refractivity contribution in [2.45, 2.75) is 37.8 Å². The molecule has 0 spiro atoms. The van der Waals surface area contributed by atoms with E-state index in [1.54, 1.807) is 12.1 Å². The van der Waals surface area contributed by atoms with Crippen LogP contribution in [0.2, 0.25) is 0 Å². The van der Waals surface area contributed by atoms with E-state index in [1.165, 1.54) is 0 Å². The van der Waals surface area contributed by atoms with Crippen molar-refractivity contribution in [3.63, 3.8) is 0 Å². The van der Waals surface area contributed by atoms with Crippen LogP contribution in [-0.4, -0.2) is 24.0 Å². The topological polar surface area (TPSA) is 82.9 Å². The number of amides is 2. The SMILES string of the molecule is C#CCCC1(CCC(=O)Nc2ccc3c(c2)CCNC3=O)N=N1. The number of nitrogens with zero attached hydrogens (tertiary/aromatic N) is 2. The summed E-state index contributed by atoms with van der Waals surface area (Å²) in [6.07, 6.45) is 8.25. The summed E-state index contributed by atoms with van der Waals surface area (Å²) >= 11 is 0. The molecular weight excluding hydrogens is 292 g/mol. The van der Waals surface area contributed by atoms with Gasteiger partial charge in [0.2, 0.25) is 5.91 Å². The van der Waals surface area contributed by atoms with Crippen molar-refractivity contribution < 1.29 is 9.59 Å². The number of carbonyl (C=O) groups is 2. The molecule has 1 aromatic carbocycles. The van der Waals surface area contributed by atoms with Crippen molar-refractivity contribution in [1.29, 1.82) is 0 Å². The third-order valence-electron chi connectivity index (χ3n) is 4.12. The first-order chi connectivity index (χ1) is 11.1. The molecule has 2 N–H and O–H groups in total. The second-order valence-electron chi connectivity index (χ2n) is 5.81. The Bertz CT molecular complexity index is 712. The summed E-state index contributed by atoms with van der Waals surface area (Å²) in [7, 11) is 0. The van der Waals surface area contributed by atoms with Gasteiger partial charge in [0.15, 0.2) is 5.66 Å². The lowest BCUT2D eigenvalue weighted by atomic mass is 9.99. The van der Waals surface area contributed by atoms with Crippen LogP contribution in [0.5, 0.6) is 0 Å². The van der Waals surface area contributed by atoms with Crippen LogP contribution in [0.25, 0.3) is 0 Å². The van der Waals surface area contributed by atoms with Crippen LogP contribution in [0.3, 0.4) is 0 Å². The Kier molecular flexibility index (Phi) is 4.11. The predicted octanol–water partition coefficient (Wildman–Crippen LogP) is 2.27. The molecule has 1 aromatic rings. The summed E-state index contributed by atoms with van der Waals surface area (Å²) < 4.78 is 0. The molecule has 2 heterocycles. The van der Waals surface area contributed by atoms with E-state index in [0.717, 1.165) is 12.0 Å². The van der Waals surface area contributed by atoms with Gasteiger partial charge in [-0.05, 0) is 30.2 Å². The lowest BCUT2D eigenvalue weighted by molar-refractivity contribution is -0.116. The van der Waals surface area contributed by atoms with Crippen LogP contribution >= 0.6 is 0 Å². The summed E-state index contributed by atoms with van der Waals surface area (Å²) in [4.78, 5) is 23.8. The van der Waals surface area contributed by atoms with E-state index in [0.29, 0.717) is 43.5 Å². The van der Waals surface area contributed by atoms with E-state index in [-0.39, 0.29) is 11.8 Å². The van der Waals surface area contributed by atoms with E-state index in [2.05, 4.69) is 26.8 Å². The second kappa shape index (κ2) is 6.21. The quantitative estimate of drug-likeness (QED) is 0.790. The predicted molar refractivity (Wildman–Crippen MR) is 86.0 cm³/mol. The monoisotopic (exact) mass is 310 g/mol. The summed E-state index contributed by atoms with van der Waals surface area (Å²) in [6, 6.07) is 5.37. The highest BCUT2D eigenvalue weighted by Gasteiger charge is 2.39. The molecule has 0 unspecified atom stereocenters. The first kappa shape index (κ1) is 15.2. The molecule has 23 heavy (non-hydrogen) atoms. The maximum atomic E-state index is 12.1. The molecule has 0 aliphatic carbocycles. The number of carbonyl (C=O) groups excluding carboxylic acids is 2. The third-order valence-corrected chi connectivity index (χ3v) is 4.12. The summed E-state index contributed by atoms with van der Waals surface area (Å²) in [5.41, 5.74) is 1.92. The normalized spacial score (nSPS) is 16.9. The van der Waals surface area contributed by atoms with Crippen molar-refractivity contribution >= 4 is 17.5 Å². The largest absolute Gasteiger partial charge is 0.352 e. The van der Waals surface area contributed by atoms with Crippen LogP contribution in [0.4, 0.5) is 5.69 Å². The minimum Gasteiger partial charge on any atom is -0.352 e. The fourth-order valence-electron chi connectivity index (χ4n) is 2.71. The van der Waals surface area contributed by atoms with E-state index < -0.39 is 5.66 Å². The van der Waals surface area contributed by atoms with Gasteiger partial charge < -0.3 is 10.6 Å². The molecule has 2 aliphatic heterocycles. The summed E-state index contributed by atoms with van der Waals surface area (Å²) in [6.45, 7) is 0.629. The maximum absolute atomic E-state index is 12.1. The molecule has 2 aliphatic rings. The molecule has 0 radical (unpaired) electrons. The van der Waals surface area contributed by atoms with Crippen LogP contribution in [0.1, 0.15) is 41.6 Å². The lowest BCUT2D eigenvalue weighted by Gasteiger charge is -2.17. The van der Waals surface area contributed by atoms with Gasteiger partial charge in [-0.25, -0.2) is 0 Å². The van der Waals surface area contributed by atoms with Crippen LogP contribution < -0.4 is 10.6 Å². The van der Waals surface area contributed by atoms with Crippen molar-refractivity contribution in [2.75, 3.05) is 11.9 Å². The third kappa shape index (κ3) is 3.57. The molecule has 6 nitrogen and oxygen atoms in total. The Labute approximate surface area is 134 Å². The van der Waals surface area contributed by atoms with E-state index >= 15 is 0 Å². The molecule has 3 rings (SSSR count). The molecule has 0 atom stereocenters. The molecule has 2 amide bonds. The highest BCUT2D eigenvalue weighted by molar-refractivity contribution is 5.98. The van der Waals surface area contributed by atoms with Gasteiger partial charge in [-0.1, -0.05) is 0 Å². The summed E-state index contributed by atoms with van der Waals surface area (Å²) in [5.74, 6) is 2.43. The van der Waals surface area contributed by atoms with Gasteiger partial charge in [0.25, 0.3) is 5.91 Å². The van der Waals surface area contributed by atoms with E-state index in [9.17, 15) is 9.59 Å². The molecule has 0 aromatic heterocycles. The Morgan fingerprint density at radius 2 is 2.22 bits per heavy atom. The molecule has 0 fully saturated rings. The number of rotatable bonds is 6. The number of benzene rings is 1. The van der Waals surface area contributed by atoms with E-state index in [4.69, 9.17) is 6.42 Å². The van der Waals surface area contributed by atoms with Gasteiger partial charge in [-0.3, -0.25) is 9.59 Å². The molecular formula is C17H18N4O2. The zero-order chi connectivity index (χ0) is 16.3. The van der Waals surface area contributed by atoms with Gasteiger partial charge in [0.1, 0.15) is 0 Å². The average molecular weight is 310 g/mol. The van der Waals surface area contributed by atoms with Gasteiger partial charge in [-0.2, -0.15) is 10.2 Å². The first-order valence-corrected chi connectivity index (χ1v) is 7.70. The van der Waals surface area contributed by atoms with Crippen molar-refractivity contribution in [2.24, 2.45) is 10.2 Å². The number of hydrogen-bond acceptors (Lipinski definition) is 4. The van der Waals surface area contributed by atoms with Crippen molar-refractivity contribution in [1.82, 2.24) is 5.32 Å². The standard InChI is InChI=1S/C17H18N4O2/c1-2-3-8-17(20-21-17)9-6-15(22)19-13-4-5-14-12(11-13)7-10-18-16(14)23/h1,4-5,11H,3,6-10H2,(H,18,23)(H,19,22). The molecule has 0 bridgehead atoms. The van der Waals surface area contributed by atoms with Crippen LogP contribution in [0, 0.1) is 12.3 Å². The molecule has 0 saturated carbocycles. The van der Waals surface area contributed by atoms with Crippen molar-refractivity contribution in [3.8, 4) is 12.3 Å². The Hall–Kier alpha value is -2.68. The van der Waals surface area contributed by atoms with Gasteiger partial charge in [-0.15, -0.1) is 12.3 Å². The smallest absolute Gasteiger partial charge is 0.251 e. The summed E-state index contributed by atoms with van der Waals surface area (Å²) in [5, 5.41) is 13.7. The molecule has 118 valence electrons. The zero-order valence-electron chi connectivity index (χ0n) is 12.8. The average Bonchev–Trinajstić information content (AvgIpc) is 3.32. The fourth-order valence-corrected chi connectivity index (χ4v) is 2.71. The number of fused-ring (bicyclic) bond motifs is 1. The number of terminal acetylenes is 1. The number of nitrogens with one attached hydrogen (secondary N) is 2. The van der Waals surface area contributed by atoms with Gasteiger partial charge in [0, 0.05) is 43.5 Å². The second-order valence-corrected chi connectivity index (χ2v) is 5.81. The minimum absolute atomic E-state index is 0.0588. The zero-order valence-corrected chi connectivity index (χ0v) is 12.8. The van der Waals surface area contributed by atoms with Crippen LogP contribution in [0.15, 0.2) is 28.4 Å².